The first-order valence-electron chi connectivity index (χ1n) is 30.0. The first-order valence-corrected chi connectivity index (χ1v) is 32.2. The Balaban J connectivity index is 1.01. The van der Waals surface area contributed by atoms with Crippen molar-refractivity contribution in [1.82, 2.24) is 4.23 Å². The zero-order valence-electron chi connectivity index (χ0n) is 47.1. The van der Waals surface area contributed by atoms with E-state index in [0.29, 0.717) is 28.5 Å². The van der Waals surface area contributed by atoms with Gasteiger partial charge in [-0.1, -0.05) is 245 Å². The second-order valence-electron chi connectivity index (χ2n) is 24.1. The van der Waals surface area contributed by atoms with E-state index in [2.05, 4.69) is 286 Å². The summed E-state index contributed by atoms with van der Waals surface area (Å²) in [5, 5.41) is 0. The van der Waals surface area contributed by atoms with Crippen molar-refractivity contribution in [1.29, 1.82) is 0 Å². The van der Waals surface area contributed by atoms with Gasteiger partial charge in [0.1, 0.15) is 0 Å². The Labute approximate surface area is 481 Å². The Morgan fingerprint density at radius 2 is 0.840 bits per heavy atom. The maximum atomic E-state index is 3.15. The number of nitrogens with zero attached hydrogens (tertiary/aromatic N) is 1. The predicted octanol–water partition coefficient (Wildman–Crippen LogP) is 21.7. The monoisotopic (exact) mass is 1060 g/mol. The lowest BCUT2D eigenvalue weighted by Crippen LogP contribution is -2.58. The quantitative estimate of drug-likeness (QED) is 0.114. The van der Waals surface area contributed by atoms with E-state index in [0.717, 1.165) is 44.9 Å². The van der Waals surface area contributed by atoms with Crippen LogP contribution in [0.2, 0.25) is 16.6 Å². The minimum Gasteiger partial charge on any atom is -0.366 e. The van der Waals surface area contributed by atoms with Gasteiger partial charge in [0.15, 0.2) is 8.24 Å². The summed E-state index contributed by atoms with van der Waals surface area (Å²) in [5.41, 5.74) is 30.5. The fraction of sp³-hybridized carbons (Fsp3) is 0.190. The summed E-state index contributed by atoms with van der Waals surface area (Å²) in [6.45, 7) is 7.50. The molecule has 81 heavy (non-hydrogen) atoms. The van der Waals surface area contributed by atoms with Gasteiger partial charge < -0.3 is 4.23 Å². The highest BCUT2D eigenvalue weighted by Crippen LogP contribution is 2.70. The van der Waals surface area contributed by atoms with E-state index in [1.165, 1.54) is 94.9 Å². The highest BCUT2D eigenvalue weighted by atomic mass is 28.3. The van der Waals surface area contributed by atoms with Gasteiger partial charge in [-0.3, -0.25) is 0 Å². The third-order valence-corrected chi connectivity index (χ3v) is 25.7. The van der Waals surface area contributed by atoms with Gasteiger partial charge in [-0.05, 0) is 210 Å². The summed E-state index contributed by atoms with van der Waals surface area (Å²) in [6, 6.07) is 87.0. The molecule has 3 heterocycles. The number of fused-ring (bicyclic) bond motifs is 11. The summed E-state index contributed by atoms with van der Waals surface area (Å²) in [4.78, 5) is 0. The second-order valence-corrected chi connectivity index (χ2v) is 28.4. The van der Waals surface area contributed by atoms with Crippen LogP contribution in [0.1, 0.15) is 88.1 Å². The van der Waals surface area contributed by atoms with E-state index >= 15 is 0 Å². The molecular weight excluding hydrogens is 991 g/mol. The zero-order valence-corrected chi connectivity index (χ0v) is 48.1. The highest BCUT2D eigenvalue weighted by molar-refractivity contribution is 6.87. The Bertz CT molecular complexity index is 4010. The summed E-state index contributed by atoms with van der Waals surface area (Å²) >= 11 is 0. The normalized spacial score (nSPS) is 21.1. The molecule has 0 N–H and O–H groups in total. The molecule has 5 aliphatic rings. The number of allylic oxidation sites excluding steroid dienone is 12. The van der Waals surface area contributed by atoms with Gasteiger partial charge in [-0.2, -0.15) is 0 Å². The minimum atomic E-state index is -2.91. The molecule has 0 radical (unpaired) electrons. The van der Waals surface area contributed by atoms with Crippen molar-refractivity contribution in [3.63, 3.8) is 0 Å². The van der Waals surface area contributed by atoms with E-state index in [9.17, 15) is 0 Å². The van der Waals surface area contributed by atoms with Gasteiger partial charge in [-0.15, -0.1) is 0 Å². The average Bonchev–Trinajstić information content (AvgIpc) is 2.48. The molecule has 8 aromatic carbocycles. The van der Waals surface area contributed by atoms with Crippen LogP contribution in [0.5, 0.6) is 0 Å². The Morgan fingerprint density at radius 3 is 1.41 bits per heavy atom. The fourth-order valence-electron chi connectivity index (χ4n) is 15.4. The molecule has 1 nitrogen and oxygen atoms in total. The largest absolute Gasteiger partial charge is 0.366 e. The zero-order chi connectivity index (χ0) is 54.4. The number of hydrogen-bond acceptors (Lipinski definition) is 0. The van der Waals surface area contributed by atoms with Crippen molar-refractivity contribution in [3.8, 4) is 55.8 Å². The third-order valence-electron chi connectivity index (χ3n) is 19.1. The molecule has 1 fully saturated rings. The van der Waals surface area contributed by atoms with Crippen molar-refractivity contribution in [3.05, 3.63) is 300 Å². The fourth-order valence-corrected chi connectivity index (χ4v) is 23.4. The molecule has 0 amide bonds. The average molecular weight is 1060 g/mol. The number of hydrogen-bond donors (Lipinski definition) is 0. The van der Waals surface area contributed by atoms with Crippen LogP contribution in [0.15, 0.2) is 278 Å². The van der Waals surface area contributed by atoms with Crippen LogP contribution < -0.4 is 0 Å². The van der Waals surface area contributed by atoms with Crippen molar-refractivity contribution < 1.29 is 0 Å². The van der Waals surface area contributed by atoms with Gasteiger partial charge >= 0.3 is 0 Å². The molecule has 1 saturated heterocycles. The lowest BCUT2D eigenvalue weighted by molar-refractivity contribution is 0.560. The van der Waals surface area contributed by atoms with Crippen molar-refractivity contribution in [2.45, 2.75) is 82.3 Å². The maximum Gasteiger partial charge on any atom is 0.181 e. The molecule has 396 valence electrons. The van der Waals surface area contributed by atoms with Gasteiger partial charge in [0.2, 0.25) is 0 Å². The molecule has 9 aromatic rings. The van der Waals surface area contributed by atoms with Gasteiger partial charge in [0.25, 0.3) is 0 Å². The van der Waals surface area contributed by atoms with Crippen LogP contribution in [-0.4, -0.2) is 12.5 Å². The summed E-state index contributed by atoms with van der Waals surface area (Å²) in [5.74, 6) is 0.881. The topological polar surface area (TPSA) is 4.93 Å². The number of rotatable bonds is 11. The van der Waals surface area contributed by atoms with Crippen LogP contribution in [0.3, 0.4) is 0 Å². The third kappa shape index (κ3) is 9.28. The second kappa shape index (κ2) is 21.6. The molecular formula is C79H71NSi. The first-order chi connectivity index (χ1) is 39.9. The molecule has 1 spiro atoms. The lowest BCUT2D eigenvalue weighted by Gasteiger charge is -2.54. The van der Waals surface area contributed by atoms with Crippen molar-refractivity contribution >= 4 is 30.5 Å². The summed E-state index contributed by atoms with van der Waals surface area (Å²) < 4.78 is 3.15. The molecule has 3 aliphatic carbocycles. The Morgan fingerprint density at radius 1 is 0.407 bits per heavy atom. The molecule has 2 bridgehead atoms. The standard InChI is InChI=1S/C79H71NSi/c1-54(2)36-37-70-52-67(66-33-17-29-62(49-66)57-22-10-5-11-23-57)41-47-77-79(70)71-39-42-72(68-34-18-31-64(50-68)58-24-12-6-13-25-58)55(3)78(53-71)81(77)76-46-40-60(63-30-16-28-61(48-63)56-20-8-4-9-21-56)38-43-73(76)75-45-44-74(80(75)81)69-35-19-32-65(51-69)59-26-14-7-15-27-59/h4-35,38-39,42-45,48-52,54-55,76-78H,36-37,40-41,46-47,53H2,1-3H3. The Hall–Kier alpha value is -8.30. The van der Waals surface area contributed by atoms with Crippen LogP contribution in [-0.2, 0) is 0 Å². The first kappa shape index (κ1) is 50.9. The van der Waals surface area contributed by atoms with Crippen LogP contribution in [0.4, 0.5) is 0 Å². The molecule has 5 atom stereocenters. The van der Waals surface area contributed by atoms with E-state index in [4.69, 9.17) is 0 Å². The van der Waals surface area contributed by atoms with Crippen molar-refractivity contribution in [2.75, 3.05) is 0 Å². The number of aromatic nitrogens is 1. The van der Waals surface area contributed by atoms with Crippen LogP contribution >= 0.6 is 0 Å². The summed E-state index contributed by atoms with van der Waals surface area (Å²) in [6.07, 6.45) is 20.8. The van der Waals surface area contributed by atoms with E-state index in [1.807, 2.05) is 0 Å². The molecule has 1 aromatic heterocycles. The summed E-state index contributed by atoms with van der Waals surface area (Å²) in [7, 11) is -2.91. The molecule has 0 saturated carbocycles. The van der Waals surface area contributed by atoms with Crippen LogP contribution in [0.25, 0.3) is 78.1 Å². The molecule has 14 rings (SSSR count). The molecule has 5 unspecified atom stereocenters. The SMILES string of the molecule is CC(C)CCC1=C2C3=CC=C(c4cccc(-c5ccccc5)c4)C(C)C(C3)[Si]3(C4CCC(c5cccc(-c6ccccc6)c5)=CC=C4c4ccc(-c5cccc(-c6ccccc6)c5)n43)C2CCC(c2cccc(-c3ccccc3)c2)=C1. The lowest BCUT2D eigenvalue weighted by atomic mass is 9.86. The van der Waals surface area contributed by atoms with Gasteiger partial charge in [0, 0.05) is 16.9 Å². The molecule has 2 heteroatoms. The maximum absolute atomic E-state index is 3.15. The van der Waals surface area contributed by atoms with E-state index in [1.54, 1.807) is 22.3 Å². The van der Waals surface area contributed by atoms with Gasteiger partial charge in [-0.25, -0.2) is 0 Å². The smallest absolute Gasteiger partial charge is 0.181 e. The van der Waals surface area contributed by atoms with Gasteiger partial charge in [0.05, 0.1) is 0 Å². The van der Waals surface area contributed by atoms with Crippen LogP contribution in [0, 0.1) is 11.8 Å². The number of benzene rings is 8. The highest BCUT2D eigenvalue weighted by Gasteiger charge is 2.65. The molecule has 2 aliphatic heterocycles. The van der Waals surface area contributed by atoms with E-state index in [-0.39, 0.29) is 0 Å². The minimum absolute atomic E-state index is 0.298. The Kier molecular flexibility index (Phi) is 13.6. The predicted molar refractivity (Wildman–Crippen MR) is 347 cm³/mol. The van der Waals surface area contributed by atoms with Crippen molar-refractivity contribution in [2.24, 2.45) is 11.8 Å². The van der Waals surface area contributed by atoms with E-state index < -0.39 is 8.24 Å².